The Bertz CT molecular complexity index is 342. The average Bonchev–Trinajstić information content (AvgIpc) is 2.55. The van der Waals surface area contributed by atoms with E-state index in [0.717, 1.165) is 19.5 Å². The largest absolute Gasteiger partial charge is 0.481 e. The van der Waals surface area contributed by atoms with Crippen LogP contribution in [0, 0.1) is 5.92 Å². The van der Waals surface area contributed by atoms with Gasteiger partial charge in [0.25, 0.3) is 0 Å². The highest BCUT2D eigenvalue weighted by molar-refractivity contribution is 5.76. The van der Waals surface area contributed by atoms with Gasteiger partial charge in [0.2, 0.25) is 5.91 Å². The van der Waals surface area contributed by atoms with Gasteiger partial charge in [-0.1, -0.05) is 0 Å². The van der Waals surface area contributed by atoms with Gasteiger partial charge < -0.3 is 14.9 Å². The molecule has 0 aromatic carbocycles. The van der Waals surface area contributed by atoms with E-state index < -0.39 is 5.97 Å². The molecular formula is C14H26N2O3. The molecule has 1 amide bonds. The number of likely N-dealkylation sites (tertiary alicyclic amines) is 1. The highest BCUT2D eigenvalue weighted by Gasteiger charge is 2.39. The molecule has 0 aromatic heterocycles. The molecule has 1 heterocycles. The molecule has 1 saturated heterocycles. The third-order valence-electron chi connectivity index (χ3n) is 4.50. The van der Waals surface area contributed by atoms with Gasteiger partial charge >= 0.3 is 5.97 Å². The van der Waals surface area contributed by atoms with Crippen molar-refractivity contribution in [1.82, 2.24) is 9.80 Å². The predicted octanol–water partition coefficient (Wildman–Crippen LogP) is 1.43. The first-order valence-corrected chi connectivity index (χ1v) is 6.92. The van der Waals surface area contributed by atoms with Crippen molar-refractivity contribution in [2.24, 2.45) is 5.92 Å². The van der Waals surface area contributed by atoms with E-state index in [2.05, 4.69) is 25.8 Å². The van der Waals surface area contributed by atoms with Crippen LogP contribution in [0.25, 0.3) is 0 Å². The van der Waals surface area contributed by atoms with E-state index in [1.165, 1.54) is 0 Å². The molecule has 1 fully saturated rings. The molecule has 0 spiro atoms. The van der Waals surface area contributed by atoms with Crippen LogP contribution in [0.2, 0.25) is 0 Å². The zero-order valence-electron chi connectivity index (χ0n) is 12.5. The summed E-state index contributed by atoms with van der Waals surface area (Å²) in [7, 11) is 3.94. The van der Waals surface area contributed by atoms with E-state index in [9.17, 15) is 9.59 Å². The SMILES string of the molecule is CN(C[C@@H]1CCN(C)C1(C)C)C(=O)CCCC(=O)O. The summed E-state index contributed by atoms with van der Waals surface area (Å²) in [6.45, 7) is 6.25. The lowest BCUT2D eigenvalue weighted by Gasteiger charge is -2.35. The number of rotatable bonds is 6. The summed E-state index contributed by atoms with van der Waals surface area (Å²) in [5.41, 5.74) is 0.121. The van der Waals surface area contributed by atoms with Gasteiger partial charge in [-0.05, 0) is 46.2 Å². The van der Waals surface area contributed by atoms with Gasteiger partial charge in [-0.15, -0.1) is 0 Å². The fourth-order valence-corrected chi connectivity index (χ4v) is 2.63. The first-order chi connectivity index (χ1) is 8.75. The second-order valence-corrected chi connectivity index (χ2v) is 6.08. The molecule has 1 N–H and O–H groups in total. The van der Waals surface area contributed by atoms with Crippen LogP contribution in [0.15, 0.2) is 0 Å². The maximum Gasteiger partial charge on any atom is 0.303 e. The van der Waals surface area contributed by atoms with E-state index in [1.54, 1.807) is 4.90 Å². The Labute approximate surface area is 115 Å². The van der Waals surface area contributed by atoms with Crippen LogP contribution in [0.3, 0.4) is 0 Å². The highest BCUT2D eigenvalue weighted by Crippen LogP contribution is 2.33. The monoisotopic (exact) mass is 270 g/mol. The summed E-state index contributed by atoms with van der Waals surface area (Å²) in [6.07, 6.45) is 1.92. The number of aliphatic carboxylic acids is 1. The molecular weight excluding hydrogens is 244 g/mol. The lowest BCUT2D eigenvalue weighted by Crippen LogP contribution is -2.44. The van der Waals surface area contributed by atoms with Crippen molar-refractivity contribution in [2.75, 3.05) is 27.2 Å². The molecule has 19 heavy (non-hydrogen) atoms. The number of hydrogen-bond acceptors (Lipinski definition) is 3. The third kappa shape index (κ3) is 4.20. The summed E-state index contributed by atoms with van der Waals surface area (Å²) in [4.78, 5) is 26.4. The molecule has 0 saturated carbocycles. The molecule has 0 unspecified atom stereocenters. The van der Waals surface area contributed by atoms with Crippen LogP contribution >= 0.6 is 0 Å². The molecule has 0 aliphatic carbocycles. The van der Waals surface area contributed by atoms with E-state index >= 15 is 0 Å². The van der Waals surface area contributed by atoms with Crippen LogP contribution in [-0.4, -0.2) is 59.5 Å². The van der Waals surface area contributed by atoms with Gasteiger partial charge in [-0.25, -0.2) is 0 Å². The number of amides is 1. The van der Waals surface area contributed by atoms with Crippen molar-refractivity contribution in [3.8, 4) is 0 Å². The first kappa shape index (κ1) is 16.0. The maximum absolute atomic E-state index is 11.9. The third-order valence-corrected chi connectivity index (χ3v) is 4.50. The number of carbonyl (C=O) groups is 2. The Hall–Kier alpha value is -1.10. The predicted molar refractivity (Wildman–Crippen MR) is 73.9 cm³/mol. The van der Waals surface area contributed by atoms with Crippen molar-refractivity contribution < 1.29 is 14.7 Å². The molecule has 5 heteroatoms. The van der Waals surface area contributed by atoms with Crippen LogP contribution in [0.1, 0.15) is 39.5 Å². The van der Waals surface area contributed by atoms with Crippen molar-refractivity contribution in [3.05, 3.63) is 0 Å². The normalized spacial score (nSPS) is 22.4. The number of carboxylic acids is 1. The molecule has 1 atom stereocenters. The average molecular weight is 270 g/mol. The second kappa shape index (κ2) is 6.37. The summed E-state index contributed by atoms with van der Waals surface area (Å²) in [5.74, 6) is -0.313. The van der Waals surface area contributed by atoms with Crippen LogP contribution in [0.5, 0.6) is 0 Å². The topological polar surface area (TPSA) is 60.9 Å². The van der Waals surface area contributed by atoms with E-state index in [4.69, 9.17) is 5.11 Å². The van der Waals surface area contributed by atoms with Gasteiger partial charge in [-0.2, -0.15) is 0 Å². The standard InChI is InChI=1S/C14H26N2O3/c1-14(2)11(8-9-16(14)4)10-15(3)12(17)6-5-7-13(18)19/h11H,5-10H2,1-4H3,(H,18,19)/t11-/m0/s1. The Balaban J connectivity index is 2.40. The zero-order valence-corrected chi connectivity index (χ0v) is 12.5. The van der Waals surface area contributed by atoms with Crippen LogP contribution in [0.4, 0.5) is 0 Å². The van der Waals surface area contributed by atoms with Crippen LogP contribution < -0.4 is 0 Å². The summed E-state index contributed by atoms with van der Waals surface area (Å²) < 4.78 is 0. The Morgan fingerprint density at radius 1 is 1.37 bits per heavy atom. The lowest BCUT2D eigenvalue weighted by atomic mass is 9.88. The zero-order chi connectivity index (χ0) is 14.6. The number of carbonyl (C=O) groups excluding carboxylic acids is 1. The fraction of sp³-hybridized carbons (Fsp3) is 0.857. The first-order valence-electron chi connectivity index (χ1n) is 6.92. The van der Waals surface area contributed by atoms with Crippen molar-refractivity contribution >= 4 is 11.9 Å². The Morgan fingerprint density at radius 3 is 2.47 bits per heavy atom. The van der Waals surface area contributed by atoms with Crippen molar-refractivity contribution in [2.45, 2.75) is 45.1 Å². The smallest absolute Gasteiger partial charge is 0.303 e. The maximum atomic E-state index is 11.9. The summed E-state index contributed by atoms with van der Waals surface area (Å²) in [5, 5.41) is 8.56. The van der Waals surface area contributed by atoms with Crippen LogP contribution in [-0.2, 0) is 9.59 Å². The van der Waals surface area contributed by atoms with Gasteiger partial charge in [0.15, 0.2) is 0 Å². The number of carboxylic acid groups (broad SMARTS) is 1. The quantitative estimate of drug-likeness (QED) is 0.793. The van der Waals surface area contributed by atoms with E-state index in [0.29, 0.717) is 18.8 Å². The Morgan fingerprint density at radius 2 is 2.00 bits per heavy atom. The van der Waals surface area contributed by atoms with E-state index in [-0.39, 0.29) is 17.9 Å². The van der Waals surface area contributed by atoms with Crippen molar-refractivity contribution in [1.29, 1.82) is 0 Å². The number of hydrogen-bond donors (Lipinski definition) is 1. The second-order valence-electron chi connectivity index (χ2n) is 6.08. The lowest BCUT2D eigenvalue weighted by molar-refractivity contribution is -0.137. The Kier molecular flexibility index (Phi) is 5.35. The molecule has 0 bridgehead atoms. The number of nitrogens with zero attached hydrogens (tertiary/aromatic N) is 2. The summed E-state index contributed by atoms with van der Waals surface area (Å²) in [6, 6.07) is 0. The molecule has 1 rings (SSSR count). The van der Waals surface area contributed by atoms with Gasteiger partial charge in [0.1, 0.15) is 0 Å². The van der Waals surface area contributed by atoms with Crippen molar-refractivity contribution in [3.63, 3.8) is 0 Å². The molecule has 0 radical (unpaired) electrons. The van der Waals surface area contributed by atoms with Gasteiger partial charge in [0, 0.05) is 32.0 Å². The molecule has 1 aliphatic rings. The molecule has 1 aliphatic heterocycles. The minimum absolute atomic E-state index is 0.0478. The molecule has 5 nitrogen and oxygen atoms in total. The van der Waals surface area contributed by atoms with Gasteiger partial charge in [0.05, 0.1) is 0 Å². The van der Waals surface area contributed by atoms with E-state index in [1.807, 2.05) is 7.05 Å². The molecule has 110 valence electrons. The summed E-state index contributed by atoms with van der Waals surface area (Å²) >= 11 is 0. The minimum Gasteiger partial charge on any atom is -0.481 e. The minimum atomic E-state index is -0.839. The highest BCUT2D eigenvalue weighted by atomic mass is 16.4. The molecule has 0 aromatic rings. The fourth-order valence-electron chi connectivity index (χ4n) is 2.63. The van der Waals surface area contributed by atoms with Gasteiger partial charge in [-0.3, -0.25) is 9.59 Å².